The number of carbonyl (C=O) groups is 1. The molecule has 8 nitrogen and oxygen atoms in total. The van der Waals surface area contributed by atoms with Crippen LogP contribution in [0, 0.1) is 10.1 Å². The van der Waals surface area contributed by atoms with Crippen LogP contribution in [0.25, 0.3) is 6.08 Å². The molecule has 1 aliphatic rings. The Kier molecular flexibility index (Phi) is 4.46. The predicted molar refractivity (Wildman–Crippen MR) is 70.4 cm³/mol. The topological polar surface area (TPSA) is 90.5 Å². The summed E-state index contributed by atoms with van der Waals surface area (Å²) in [5, 5.41) is 16.1. The van der Waals surface area contributed by atoms with Crippen LogP contribution in [0.5, 0.6) is 0 Å². The van der Waals surface area contributed by atoms with Crippen molar-refractivity contribution in [1.82, 2.24) is 14.8 Å². The van der Waals surface area contributed by atoms with Crippen LogP contribution in [-0.4, -0.2) is 38.8 Å². The van der Waals surface area contributed by atoms with Gasteiger partial charge < -0.3 is 15.0 Å². The van der Waals surface area contributed by atoms with Gasteiger partial charge in [0.1, 0.15) is 0 Å². The van der Waals surface area contributed by atoms with Crippen molar-refractivity contribution in [2.45, 2.75) is 19.3 Å². The Morgan fingerprint density at radius 3 is 2.80 bits per heavy atom. The summed E-state index contributed by atoms with van der Waals surface area (Å²) in [4.78, 5) is 26.9. The first-order chi connectivity index (χ1) is 9.56. The highest BCUT2D eigenvalue weighted by Crippen LogP contribution is 2.17. The van der Waals surface area contributed by atoms with Gasteiger partial charge >= 0.3 is 11.8 Å². The zero-order chi connectivity index (χ0) is 14.5. The van der Waals surface area contributed by atoms with Crippen LogP contribution in [0.3, 0.4) is 0 Å². The van der Waals surface area contributed by atoms with Gasteiger partial charge in [0.25, 0.3) is 0 Å². The molecule has 0 bridgehead atoms. The quantitative estimate of drug-likeness (QED) is 0.469. The molecule has 0 radical (unpaired) electrons. The fourth-order valence-electron chi connectivity index (χ4n) is 2.03. The lowest BCUT2D eigenvalue weighted by Crippen LogP contribution is -2.31. The second-order valence-electron chi connectivity index (χ2n) is 4.57. The van der Waals surface area contributed by atoms with Crippen molar-refractivity contribution in [3.63, 3.8) is 0 Å². The van der Waals surface area contributed by atoms with Gasteiger partial charge in [0, 0.05) is 19.2 Å². The first-order valence-corrected chi connectivity index (χ1v) is 6.39. The molecule has 1 saturated heterocycles. The molecule has 0 aliphatic carbocycles. The van der Waals surface area contributed by atoms with E-state index in [0.717, 1.165) is 32.4 Å². The van der Waals surface area contributed by atoms with Crippen molar-refractivity contribution in [1.29, 1.82) is 0 Å². The van der Waals surface area contributed by atoms with E-state index < -0.39 is 10.9 Å². The van der Waals surface area contributed by atoms with Gasteiger partial charge in [-0.3, -0.25) is 0 Å². The van der Waals surface area contributed by atoms with E-state index >= 15 is 0 Å². The van der Waals surface area contributed by atoms with Crippen molar-refractivity contribution in [2.75, 3.05) is 13.1 Å². The van der Waals surface area contributed by atoms with Gasteiger partial charge in [0.2, 0.25) is 0 Å². The van der Waals surface area contributed by atoms with E-state index in [1.807, 2.05) is 0 Å². The second kappa shape index (κ2) is 6.29. The molecule has 0 N–H and O–H groups in total. The van der Waals surface area contributed by atoms with E-state index in [2.05, 4.69) is 5.10 Å². The van der Waals surface area contributed by atoms with Crippen LogP contribution < -0.4 is 0 Å². The number of hydrogen-bond donors (Lipinski definition) is 0. The van der Waals surface area contributed by atoms with Crippen molar-refractivity contribution in [3.05, 3.63) is 28.0 Å². The average Bonchev–Trinajstić information content (AvgIpc) is 2.79. The molecule has 2 heterocycles. The lowest BCUT2D eigenvalue weighted by atomic mass is 10.2. The van der Waals surface area contributed by atoms with E-state index in [1.165, 1.54) is 23.0 Å². The molecule has 1 aromatic rings. The molecule has 0 saturated carbocycles. The maximum absolute atomic E-state index is 11.6. The number of hydroxylamine groups is 2. The molecular weight excluding hydrogens is 264 g/mol. The van der Waals surface area contributed by atoms with Gasteiger partial charge in [-0.15, -0.1) is 5.06 Å². The Morgan fingerprint density at radius 2 is 2.15 bits per heavy atom. The highest BCUT2D eigenvalue weighted by Gasteiger charge is 2.18. The summed E-state index contributed by atoms with van der Waals surface area (Å²) in [6, 6.07) is 0. The standard InChI is InChI=1S/C12H16N4O4/c1-14-9-10(12(13-14)16(18)19)5-6-11(17)20-15-7-3-2-4-8-15/h5-6,9H,2-4,7-8H2,1H3. The second-order valence-corrected chi connectivity index (χ2v) is 4.57. The van der Waals surface area contributed by atoms with Crippen molar-refractivity contribution < 1.29 is 14.6 Å². The minimum Gasteiger partial charge on any atom is -0.364 e. The molecule has 108 valence electrons. The Morgan fingerprint density at radius 1 is 1.45 bits per heavy atom. The number of carbonyl (C=O) groups excluding carboxylic acids is 1. The van der Waals surface area contributed by atoms with Crippen molar-refractivity contribution in [2.24, 2.45) is 7.05 Å². The van der Waals surface area contributed by atoms with Crippen LogP contribution in [-0.2, 0) is 16.7 Å². The van der Waals surface area contributed by atoms with Crippen molar-refractivity contribution in [3.8, 4) is 0 Å². The molecule has 0 aromatic carbocycles. The largest absolute Gasteiger partial charge is 0.397 e. The first-order valence-electron chi connectivity index (χ1n) is 6.39. The third-order valence-corrected chi connectivity index (χ3v) is 2.94. The summed E-state index contributed by atoms with van der Waals surface area (Å²) >= 11 is 0. The smallest absolute Gasteiger partial charge is 0.364 e. The van der Waals surface area contributed by atoms with Crippen LogP contribution in [0.2, 0.25) is 0 Å². The molecule has 8 heteroatoms. The Labute approximate surface area is 115 Å². The summed E-state index contributed by atoms with van der Waals surface area (Å²) in [5.41, 5.74) is 0.271. The molecule has 0 atom stereocenters. The fraction of sp³-hybridized carbons (Fsp3) is 0.500. The Bertz CT molecular complexity index is 532. The van der Waals surface area contributed by atoms with Gasteiger partial charge in [-0.2, -0.15) is 4.68 Å². The van der Waals surface area contributed by atoms with E-state index in [1.54, 1.807) is 12.1 Å². The third-order valence-electron chi connectivity index (χ3n) is 2.94. The zero-order valence-corrected chi connectivity index (χ0v) is 11.2. The molecule has 0 spiro atoms. The third kappa shape index (κ3) is 3.64. The molecule has 1 aromatic heterocycles. The number of nitrogens with zero attached hydrogens (tertiary/aromatic N) is 4. The summed E-state index contributed by atoms with van der Waals surface area (Å²) in [5.74, 6) is -0.820. The van der Waals surface area contributed by atoms with Crippen LogP contribution in [0.15, 0.2) is 12.3 Å². The van der Waals surface area contributed by atoms with Crippen LogP contribution in [0.1, 0.15) is 24.8 Å². The highest BCUT2D eigenvalue weighted by molar-refractivity contribution is 5.87. The number of aromatic nitrogens is 2. The number of nitro groups is 1. The molecule has 1 aliphatic heterocycles. The Balaban J connectivity index is 1.98. The summed E-state index contributed by atoms with van der Waals surface area (Å²) in [6.07, 6.45) is 7.15. The lowest BCUT2D eigenvalue weighted by molar-refractivity contribution is -0.390. The number of rotatable bonds is 4. The fourth-order valence-corrected chi connectivity index (χ4v) is 2.03. The summed E-state index contributed by atoms with van der Waals surface area (Å²) < 4.78 is 1.33. The maximum atomic E-state index is 11.6. The minimum absolute atomic E-state index is 0.271. The summed E-state index contributed by atoms with van der Waals surface area (Å²) in [6.45, 7) is 1.46. The molecule has 0 amide bonds. The Hall–Kier alpha value is -2.22. The van der Waals surface area contributed by atoms with Gasteiger partial charge in [-0.25, -0.2) is 4.79 Å². The number of piperidine rings is 1. The maximum Gasteiger partial charge on any atom is 0.397 e. The van der Waals surface area contributed by atoms with E-state index in [-0.39, 0.29) is 11.4 Å². The van der Waals surface area contributed by atoms with Crippen LogP contribution >= 0.6 is 0 Å². The van der Waals surface area contributed by atoms with Crippen molar-refractivity contribution >= 4 is 17.9 Å². The summed E-state index contributed by atoms with van der Waals surface area (Å²) in [7, 11) is 1.58. The lowest BCUT2D eigenvalue weighted by Gasteiger charge is -2.24. The van der Waals surface area contributed by atoms with E-state index in [4.69, 9.17) is 4.84 Å². The SMILES string of the molecule is Cn1cc(C=CC(=O)ON2CCCCC2)c([N+](=O)[O-])n1. The zero-order valence-electron chi connectivity index (χ0n) is 11.2. The molecule has 1 fully saturated rings. The molecule has 0 unspecified atom stereocenters. The molecular formula is C12H16N4O4. The number of hydrogen-bond acceptors (Lipinski definition) is 6. The van der Waals surface area contributed by atoms with E-state index in [9.17, 15) is 14.9 Å². The average molecular weight is 280 g/mol. The van der Waals surface area contributed by atoms with E-state index in [0.29, 0.717) is 0 Å². The van der Waals surface area contributed by atoms with Gasteiger partial charge in [0.05, 0.1) is 23.9 Å². The first kappa shape index (κ1) is 14.2. The molecule has 2 rings (SSSR count). The monoisotopic (exact) mass is 280 g/mol. The molecule has 20 heavy (non-hydrogen) atoms. The highest BCUT2D eigenvalue weighted by atomic mass is 16.7. The van der Waals surface area contributed by atoms with Gasteiger partial charge in [-0.1, -0.05) is 6.42 Å². The minimum atomic E-state index is -0.588. The van der Waals surface area contributed by atoms with Crippen LogP contribution in [0.4, 0.5) is 5.82 Å². The van der Waals surface area contributed by atoms with Gasteiger partial charge in [-0.05, 0) is 23.8 Å². The number of aryl methyl sites for hydroxylation is 1. The normalized spacial score (nSPS) is 16.4. The predicted octanol–water partition coefficient (Wildman–Crippen LogP) is 1.29. The van der Waals surface area contributed by atoms with Gasteiger partial charge in [0.15, 0.2) is 0 Å².